The predicted octanol–water partition coefficient (Wildman–Crippen LogP) is 1.90. The Balaban J connectivity index is 1.62. The van der Waals surface area contributed by atoms with Crippen LogP contribution in [0.5, 0.6) is 5.75 Å². The number of likely N-dealkylation sites (N-methyl/N-ethyl adjacent to an activating group) is 1. The van der Waals surface area contributed by atoms with Gasteiger partial charge in [-0.1, -0.05) is 0 Å². The summed E-state index contributed by atoms with van der Waals surface area (Å²) in [6, 6.07) is 8.85. The van der Waals surface area contributed by atoms with Crippen LogP contribution >= 0.6 is 0 Å². The average Bonchev–Trinajstić information content (AvgIpc) is 3.09. The van der Waals surface area contributed by atoms with Crippen LogP contribution in [0.25, 0.3) is 16.9 Å². The van der Waals surface area contributed by atoms with Crippen LogP contribution in [0.15, 0.2) is 36.5 Å². The summed E-state index contributed by atoms with van der Waals surface area (Å²) in [6.45, 7) is 4.44. The molecule has 1 aromatic carbocycles. The first-order valence-electron chi connectivity index (χ1n) is 9.73. The fourth-order valence-electron chi connectivity index (χ4n) is 3.95. The summed E-state index contributed by atoms with van der Waals surface area (Å²) in [5.41, 5.74) is 4.03. The van der Waals surface area contributed by atoms with Crippen LogP contribution in [-0.2, 0) is 11.3 Å². The number of halogens is 1. The molecule has 2 aromatic heterocycles. The zero-order valence-corrected chi connectivity index (χ0v) is 16.2. The molecule has 2 aliphatic heterocycles. The third-order valence-electron chi connectivity index (χ3n) is 5.58. The molecule has 0 aliphatic carbocycles. The summed E-state index contributed by atoms with van der Waals surface area (Å²) < 4.78 is 21.4. The highest BCUT2D eigenvalue weighted by atomic mass is 19.1. The quantitative estimate of drug-likeness (QED) is 0.734. The van der Waals surface area contributed by atoms with Gasteiger partial charge in [0, 0.05) is 51.5 Å². The van der Waals surface area contributed by atoms with E-state index in [4.69, 9.17) is 9.72 Å². The summed E-state index contributed by atoms with van der Waals surface area (Å²) in [7, 11) is 1.74. The number of nitrogens with zero attached hydrogens (tertiary/aromatic N) is 4. The molecule has 29 heavy (non-hydrogen) atoms. The molecule has 0 unspecified atom stereocenters. The lowest BCUT2D eigenvalue weighted by atomic mass is 10.1. The lowest BCUT2D eigenvalue weighted by Gasteiger charge is -2.28. The molecule has 4 heterocycles. The van der Waals surface area contributed by atoms with Crippen LogP contribution in [0.4, 0.5) is 10.1 Å². The van der Waals surface area contributed by atoms with Crippen molar-refractivity contribution in [3.05, 3.63) is 48.0 Å². The van der Waals surface area contributed by atoms with Crippen LogP contribution < -0.4 is 15.0 Å². The molecule has 0 spiro atoms. The summed E-state index contributed by atoms with van der Waals surface area (Å²) in [5.74, 6) is 0.286. The number of aromatic nitrogens is 2. The molecule has 0 saturated carbocycles. The van der Waals surface area contributed by atoms with Crippen LogP contribution in [0.3, 0.4) is 0 Å². The minimum absolute atomic E-state index is 0.0464. The van der Waals surface area contributed by atoms with Gasteiger partial charge in [0.1, 0.15) is 17.2 Å². The molecule has 150 valence electrons. The first kappa shape index (κ1) is 18.1. The number of pyridine rings is 1. The number of benzene rings is 1. The summed E-state index contributed by atoms with van der Waals surface area (Å²) in [5, 5.41) is 3.35. The number of carbonyl (C=O) groups excluding carboxylic acids is 1. The van der Waals surface area contributed by atoms with Crippen molar-refractivity contribution in [1.29, 1.82) is 0 Å². The second-order valence-electron chi connectivity index (χ2n) is 7.43. The van der Waals surface area contributed by atoms with Crippen molar-refractivity contribution in [2.24, 2.45) is 0 Å². The van der Waals surface area contributed by atoms with E-state index in [1.165, 1.54) is 12.3 Å². The second kappa shape index (κ2) is 7.13. The Morgan fingerprint density at radius 3 is 2.86 bits per heavy atom. The molecule has 1 fully saturated rings. The van der Waals surface area contributed by atoms with Crippen molar-refractivity contribution in [3.8, 4) is 17.0 Å². The van der Waals surface area contributed by atoms with Crippen molar-refractivity contribution >= 4 is 17.2 Å². The number of fused-ring (bicyclic) bond motifs is 2. The summed E-state index contributed by atoms with van der Waals surface area (Å²) >= 11 is 0. The van der Waals surface area contributed by atoms with Gasteiger partial charge in [-0.3, -0.25) is 14.1 Å². The van der Waals surface area contributed by atoms with E-state index in [2.05, 4.69) is 10.2 Å². The zero-order valence-electron chi connectivity index (χ0n) is 16.2. The number of rotatable bonds is 3. The smallest absolute Gasteiger partial charge is 0.264 e. The van der Waals surface area contributed by atoms with E-state index in [1.807, 2.05) is 22.6 Å². The Morgan fingerprint density at radius 1 is 1.21 bits per heavy atom. The third-order valence-corrected chi connectivity index (χ3v) is 5.58. The number of amides is 1. The van der Waals surface area contributed by atoms with Crippen molar-refractivity contribution in [2.75, 3.05) is 44.7 Å². The normalized spacial score (nSPS) is 17.4. The van der Waals surface area contributed by atoms with E-state index in [-0.39, 0.29) is 18.3 Å². The van der Waals surface area contributed by atoms with Crippen molar-refractivity contribution in [3.63, 3.8) is 0 Å². The van der Waals surface area contributed by atoms with Gasteiger partial charge in [0.2, 0.25) is 0 Å². The lowest BCUT2D eigenvalue weighted by Crippen LogP contribution is -2.43. The molecule has 1 amide bonds. The SMILES string of the molecule is CN1C(=O)COc2ccc(-c3nc4ccc(F)cn4c3CN3CCNCC3)cc21. The van der Waals surface area contributed by atoms with Crippen molar-refractivity contribution in [2.45, 2.75) is 6.54 Å². The number of nitrogens with one attached hydrogen (secondary N) is 1. The average molecular weight is 395 g/mol. The molecule has 0 radical (unpaired) electrons. The molecule has 1 saturated heterocycles. The van der Waals surface area contributed by atoms with E-state index >= 15 is 0 Å². The van der Waals surface area contributed by atoms with Gasteiger partial charge in [-0.15, -0.1) is 0 Å². The number of piperazine rings is 1. The van der Waals surface area contributed by atoms with Crippen LogP contribution in [0.1, 0.15) is 5.69 Å². The predicted molar refractivity (Wildman–Crippen MR) is 108 cm³/mol. The molecular weight excluding hydrogens is 373 g/mol. The van der Waals surface area contributed by atoms with E-state index in [0.29, 0.717) is 17.9 Å². The standard InChI is InChI=1S/C21H22FN5O2/c1-25-16-10-14(2-4-18(16)29-13-20(25)28)21-17(12-26-8-6-23-7-9-26)27-11-15(22)3-5-19(27)24-21/h2-5,10-11,23H,6-9,12-13H2,1H3. The number of anilines is 1. The molecule has 3 aromatic rings. The Morgan fingerprint density at radius 2 is 2.03 bits per heavy atom. The molecule has 7 nitrogen and oxygen atoms in total. The second-order valence-corrected chi connectivity index (χ2v) is 7.43. The van der Waals surface area contributed by atoms with Gasteiger partial charge in [-0.05, 0) is 30.3 Å². The van der Waals surface area contributed by atoms with Gasteiger partial charge in [0.15, 0.2) is 6.61 Å². The summed E-state index contributed by atoms with van der Waals surface area (Å²) in [4.78, 5) is 20.8. The molecular formula is C21H22FN5O2. The molecule has 0 bridgehead atoms. The van der Waals surface area contributed by atoms with Gasteiger partial charge >= 0.3 is 0 Å². The van der Waals surface area contributed by atoms with Gasteiger partial charge < -0.3 is 15.0 Å². The number of ether oxygens (including phenoxy) is 1. The lowest BCUT2D eigenvalue weighted by molar-refractivity contribution is -0.120. The maximum Gasteiger partial charge on any atom is 0.264 e. The third kappa shape index (κ3) is 3.24. The van der Waals surface area contributed by atoms with Crippen molar-refractivity contribution in [1.82, 2.24) is 19.6 Å². The maximum atomic E-state index is 14.0. The number of carbonyl (C=O) groups is 1. The number of imidazole rings is 1. The van der Waals surface area contributed by atoms with Gasteiger partial charge in [0.25, 0.3) is 5.91 Å². The van der Waals surface area contributed by atoms with Gasteiger partial charge in [0.05, 0.1) is 17.1 Å². The van der Waals surface area contributed by atoms with E-state index < -0.39 is 0 Å². The molecule has 1 N–H and O–H groups in total. The highest BCUT2D eigenvalue weighted by Crippen LogP contribution is 2.36. The van der Waals surface area contributed by atoms with E-state index in [0.717, 1.165) is 48.8 Å². The first-order valence-corrected chi connectivity index (χ1v) is 9.73. The summed E-state index contributed by atoms with van der Waals surface area (Å²) in [6.07, 6.45) is 1.49. The Bertz CT molecular complexity index is 1090. The Labute approximate surface area is 167 Å². The minimum atomic E-state index is -0.299. The minimum Gasteiger partial charge on any atom is -0.482 e. The molecule has 5 rings (SSSR count). The van der Waals surface area contributed by atoms with Gasteiger partial charge in [-0.25, -0.2) is 9.37 Å². The molecule has 2 aliphatic rings. The monoisotopic (exact) mass is 395 g/mol. The largest absolute Gasteiger partial charge is 0.482 e. The highest BCUT2D eigenvalue weighted by Gasteiger charge is 2.25. The maximum absolute atomic E-state index is 14.0. The molecule has 0 atom stereocenters. The first-order chi connectivity index (χ1) is 14.1. The topological polar surface area (TPSA) is 62.1 Å². The van der Waals surface area contributed by atoms with Crippen LogP contribution in [0.2, 0.25) is 0 Å². The Kier molecular flexibility index (Phi) is 4.44. The van der Waals surface area contributed by atoms with Gasteiger partial charge in [-0.2, -0.15) is 0 Å². The van der Waals surface area contributed by atoms with E-state index in [1.54, 1.807) is 18.0 Å². The van der Waals surface area contributed by atoms with Crippen LogP contribution in [-0.4, -0.2) is 60.0 Å². The van der Waals surface area contributed by atoms with Crippen LogP contribution in [0, 0.1) is 5.82 Å². The fraction of sp³-hybridized carbons (Fsp3) is 0.333. The zero-order chi connectivity index (χ0) is 20.0. The Hall–Kier alpha value is -2.97. The van der Waals surface area contributed by atoms with E-state index in [9.17, 15) is 9.18 Å². The number of hydrogen-bond donors (Lipinski definition) is 1. The fourth-order valence-corrected chi connectivity index (χ4v) is 3.95. The number of hydrogen-bond acceptors (Lipinski definition) is 5. The molecule has 8 heteroatoms. The van der Waals surface area contributed by atoms with Crippen molar-refractivity contribution < 1.29 is 13.9 Å². The highest BCUT2D eigenvalue weighted by molar-refractivity contribution is 5.98.